The van der Waals surface area contributed by atoms with E-state index >= 15 is 0 Å². The smallest absolute Gasteiger partial charge is 0.307 e. The molecule has 0 aromatic carbocycles. The van der Waals surface area contributed by atoms with E-state index < -0.39 is 5.97 Å². The van der Waals surface area contributed by atoms with Crippen molar-refractivity contribution < 1.29 is 14.3 Å². The van der Waals surface area contributed by atoms with Crippen molar-refractivity contribution in [3.63, 3.8) is 0 Å². The number of unbranched alkanes of at least 4 members (excludes halogenated alkanes) is 10. The molecule has 0 unspecified atom stereocenters. The largest absolute Gasteiger partial charge is 0.481 e. The third kappa shape index (κ3) is 15.2. The van der Waals surface area contributed by atoms with Crippen LogP contribution in [0.2, 0.25) is 0 Å². The highest BCUT2D eigenvalue weighted by molar-refractivity contribution is 5.68. The summed E-state index contributed by atoms with van der Waals surface area (Å²) in [5.74, 6) is -1.25. The minimum atomic E-state index is -0.973. The Morgan fingerprint density at radius 3 is 1.80 bits per heavy atom. The summed E-state index contributed by atoms with van der Waals surface area (Å²) >= 11 is 0. The zero-order valence-electron chi connectivity index (χ0n) is 13.0. The molecule has 1 N–H and O–H groups in total. The van der Waals surface area contributed by atoms with Crippen LogP contribution in [-0.4, -0.2) is 11.1 Å². The number of carboxylic acids is 1. The van der Waals surface area contributed by atoms with Crippen LogP contribution < -0.4 is 0 Å². The summed E-state index contributed by atoms with van der Waals surface area (Å²) in [5, 5.41) is 8.41. The molecule has 0 amide bonds. The molecule has 0 radical (unpaired) electrons. The highest BCUT2D eigenvalue weighted by atomic mass is 19.1. The summed E-state index contributed by atoms with van der Waals surface area (Å²) in [6.45, 7) is 2.24. The minimum absolute atomic E-state index is 0.204. The lowest BCUT2D eigenvalue weighted by Crippen LogP contribution is -1.91. The van der Waals surface area contributed by atoms with Crippen LogP contribution in [-0.2, 0) is 4.79 Å². The van der Waals surface area contributed by atoms with Crippen molar-refractivity contribution in [2.45, 2.75) is 90.4 Å². The molecule has 0 bridgehead atoms. The van der Waals surface area contributed by atoms with Crippen molar-refractivity contribution in [3.05, 3.63) is 11.9 Å². The fourth-order valence-corrected chi connectivity index (χ4v) is 2.26. The van der Waals surface area contributed by atoms with Crippen molar-refractivity contribution in [1.29, 1.82) is 0 Å². The zero-order valence-corrected chi connectivity index (χ0v) is 13.0. The van der Waals surface area contributed by atoms with Gasteiger partial charge in [0.25, 0.3) is 0 Å². The number of carbonyl (C=O) groups is 1. The Balaban J connectivity index is 3.20. The predicted octanol–water partition coefficient (Wildman–Crippen LogP) is 6.02. The van der Waals surface area contributed by atoms with E-state index in [1.807, 2.05) is 0 Å². The summed E-state index contributed by atoms with van der Waals surface area (Å²) in [5.41, 5.74) is 0. The molecule has 0 aromatic heterocycles. The third-order valence-corrected chi connectivity index (χ3v) is 3.52. The van der Waals surface area contributed by atoms with Crippen molar-refractivity contribution in [2.24, 2.45) is 0 Å². The van der Waals surface area contributed by atoms with Gasteiger partial charge in [-0.1, -0.05) is 71.1 Å². The molecule has 0 aliphatic heterocycles. The van der Waals surface area contributed by atoms with Crippen molar-refractivity contribution in [3.8, 4) is 0 Å². The molecular formula is C17H31FO2. The Labute approximate surface area is 123 Å². The van der Waals surface area contributed by atoms with E-state index in [4.69, 9.17) is 5.11 Å². The first kappa shape index (κ1) is 19.1. The normalized spacial score (nSPS) is 11.8. The maximum atomic E-state index is 13.1. The number of aliphatic carboxylic acids is 1. The lowest BCUT2D eigenvalue weighted by molar-refractivity contribution is -0.136. The van der Waals surface area contributed by atoms with E-state index in [9.17, 15) is 9.18 Å². The molecule has 0 aliphatic carbocycles. The minimum Gasteiger partial charge on any atom is -0.481 e. The number of rotatable bonds is 14. The fourth-order valence-electron chi connectivity index (χ4n) is 2.26. The summed E-state index contributed by atoms with van der Waals surface area (Å²) in [6, 6.07) is 0. The van der Waals surface area contributed by atoms with Crippen LogP contribution in [0.1, 0.15) is 90.4 Å². The second-order valence-corrected chi connectivity index (χ2v) is 5.53. The van der Waals surface area contributed by atoms with E-state index in [1.165, 1.54) is 63.9 Å². The number of hydrogen-bond acceptors (Lipinski definition) is 1. The van der Waals surface area contributed by atoms with Crippen molar-refractivity contribution in [1.82, 2.24) is 0 Å². The second-order valence-electron chi connectivity index (χ2n) is 5.53. The Bertz CT molecular complexity index is 262. The van der Waals surface area contributed by atoms with Gasteiger partial charge in [-0.3, -0.25) is 4.79 Å². The maximum absolute atomic E-state index is 13.1. The molecular weight excluding hydrogens is 255 g/mol. The molecule has 0 heterocycles. The van der Waals surface area contributed by atoms with Crippen LogP contribution >= 0.6 is 0 Å². The molecule has 0 fully saturated rings. The number of hydrogen-bond donors (Lipinski definition) is 1. The standard InChI is InChI=1S/C17H31FO2/c1-2-3-4-5-6-7-8-9-10-11-12-13-16(18)14-15-17(19)20/h14H,2-13,15H2,1H3,(H,19,20)/b16-14-. The topological polar surface area (TPSA) is 37.3 Å². The number of halogens is 1. The molecule has 0 saturated carbocycles. The van der Waals surface area contributed by atoms with Gasteiger partial charge in [0.15, 0.2) is 0 Å². The number of carboxylic acid groups (broad SMARTS) is 1. The Morgan fingerprint density at radius 2 is 1.35 bits per heavy atom. The first-order valence-electron chi connectivity index (χ1n) is 8.23. The van der Waals surface area contributed by atoms with Gasteiger partial charge in [-0.25, -0.2) is 4.39 Å². The van der Waals surface area contributed by atoms with Gasteiger partial charge in [-0.2, -0.15) is 0 Å². The van der Waals surface area contributed by atoms with Gasteiger partial charge in [0.1, 0.15) is 0 Å². The molecule has 0 aliphatic rings. The van der Waals surface area contributed by atoms with Crippen molar-refractivity contribution >= 4 is 5.97 Å². The molecule has 0 saturated heterocycles. The molecule has 0 aromatic rings. The molecule has 2 nitrogen and oxygen atoms in total. The van der Waals surface area contributed by atoms with Crippen LogP contribution in [0.4, 0.5) is 4.39 Å². The van der Waals surface area contributed by atoms with E-state index in [-0.39, 0.29) is 12.2 Å². The highest BCUT2D eigenvalue weighted by Crippen LogP contribution is 2.14. The summed E-state index contributed by atoms with van der Waals surface area (Å²) < 4.78 is 13.1. The van der Waals surface area contributed by atoms with Gasteiger partial charge in [-0.15, -0.1) is 0 Å². The maximum Gasteiger partial charge on any atom is 0.307 e. The average Bonchev–Trinajstić information content (AvgIpc) is 2.42. The summed E-state index contributed by atoms with van der Waals surface area (Å²) in [6.07, 6.45) is 15.0. The predicted molar refractivity (Wildman–Crippen MR) is 82.5 cm³/mol. The second kappa shape index (κ2) is 14.5. The first-order valence-corrected chi connectivity index (χ1v) is 8.23. The van der Waals surface area contributed by atoms with Crippen LogP contribution in [0.3, 0.4) is 0 Å². The molecule has 0 atom stereocenters. The third-order valence-electron chi connectivity index (χ3n) is 3.52. The van der Waals surface area contributed by atoms with Gasteiger partial charge in [0, 0.05) is 0 Å². The van der Waals surface area contributed by atoms with Gasteiger partial charge < -0.3 is 5.11 Å². The van der Waals surface area contributed by atoms with Crippen LogP contribution in [0.5, 0.6) is 0 Å². The highest BCUT2D eigenvalue weighted by Gasteiger charge is 1.98. The fraction of sp³-hybridized carbons (Fsp3) is 0.824. The lowest BCUT2D eigenvalue weighted by atomic mass is 10.1. The monoisotopic (exact) mass is 286 g/mol. The van der Waals surface area contributed by atoms with E-state index in [0.717, 1.165) is 12.8 Å². The van der Waals surface area contributed by atoms with Crippen LogP contribution in [0.25, 0.3) is 0 Å². The van der Waals surface area contributed by atoms with Crippen molar-refractivity contribution in [2.75, 3.05) is 0 Å². The quantitative estimate of drug-likeness (QED) is 0.397. The van der Waals surface area contributed by atoms with E-state index in [0.29, 0.717) is 6.42 Å². The van der Waals surface area contributed by atoms with Crippen LogP contribution in [0, 0.1) is 0 Å². The van der Waals surface area contributed by atoms with Gasteiger partial charge in [-0.05, 0) is 18.9 Å². The Hall–Kier alpha value is -0.860. The van der Waals surface area contributed by atoms with Gasteiger partial charge >= 0.3 is 5.97 Å². The van der Waals surface area contributed by atoms with E-state index in [1.54, 1.807) is 0 Å². The van der Waals surface area contributed by atoms with Gasteiger partial charge in [0.2, 0.25) is 0 Å². The first-order chi connectivity index (χ1) is 9.66. The SMILES string of the molecule is CCCCCCCCCCCCC/C(F)=C/CC(=O)O. The van der Waals surface area contributed by atoms with Gasteiger partial charge in [0.05, 0.1) is 12.2 Å². The molecule has 0 rings (SSSR count). The Kier molecular flexibility index (Phi) is 13.9. The molecule has 3 heteroatoms. The van der Waals surface area contributed by atoms with Crippen LogP contribution in [0.15, 0.2) is 11.9 Å². The average molecular weight is 286 g/mol. The Morgan fingerprint density at radius 1 is 0.900 bits per heavy atom. The molecule has 118 valence electrons. The molecule has 20 heavy (non-hydrogen) atoms. The zero-order chi connectivity index (χ0) is 15.1. The lowest BCUT2D eigenvalue weighted by Gasteiger charge is -2.02. The molecule has 0 spiro atoms. The number of allylic oxidation sites excluding steroid dienone is 1. The summed E-state index contributed by atoms with van der Waals surface area (Å²) in [7, 11) is 0. The summed E-state index contributed by atoms with van der Waals surface area (Å²) in [4.78, 5) is 10.3. The van der Waals surface area contributed by atoms with E-state index in [2.05, 4.69) is 6.92 Å².